The number of anilines is 1. The number of thioether (sulfide) groups is 1. The molecule has 7 heteroatoms. The van der Waals surface area contributed by atoms with Gasteiger partial charge in [0.2, 0.25) is 5.91 Å². The van der Waals surface area contributed by atoms with E-state index in [1.165, 1.54) is 0 Å². The molecule has 0 aromatic heterocycles. The van der Waals surface area contributed by atoms with E-state index in [1.807, 2.05) is 0 Å². The van der Waals surface area contributed by atoms with E-state index in [9.17, 15) is 14.4 Å². The molecule has 1 aromatic rings. The van der Waals surface area contributed by atoms with Crippen molar-refractivity contribution < 1.29 is 19.1 Å². The molecule has 0 bridgehead atoms. The molecule has 0 atom stereocenters. The van der Waals surface area contributed by atoms with Crippen LogP contribution in [0.4, 0.5) is 5.69 Å². The Morgan fingerprint density at radius 3 is 2.95 bits per heavy atom. The van der Waals surface area contributed by atoms with Gasteiger partial charge in [-0.1, -0.05) is 0 Å². The summed E-state index contributed by atoms with van der Waals surface area (Å²) in [6.45, 7) is -0.284. The van der Waals surface area contributed by atoms with E-state index in [1.54, 1.807) is 30.0 Å². The monoisotopic (exact) mass is 320 g/mol. The van der Waals surface area contributed by atoms with Crippen LogP contribution >= 0.6 is 11.8 Å². The second kappa shape index (κ2) is 6.39. The molecule has 1 aromatic carbocycles. The number of nitrogens with one attached hydrogen (secondary N) is 2. The molecule has 0 radical (unpaired) electrons. The molecular formula is C15H16N2O4S. The van der Waals surface area contributed by atoms with Crippen molar-refractivity contribution in [3.05, 3.63) is 23.8 Å². The molecule has 3 rings (SSSR count). The lowest BCUT2D eigenvalue weighted by molar-refractivity contribution is -0.124. The smallest absolute Gasteiger partial charge is 0.338 e. The summed E-state index contributed by atoms with van der Waals surface area (Å²) in [4.78, 5) is 36.0. The fourth-order valence-electron chi connectivity index (χ4n) is 2.06. The van der Waals surface area contributed by atoms with Gasteiger partial charge in [0, 0.05) is 23.1 Å². The zero-order chi connectivity index (χ0) is 15.5. The number of carbonyl (C=O) groups is 3. The first-order valence-electron chi connectivity index (χ1n) is 7.15. The summed E-state index contributed by atoms with van der Waals surface area (Å²) in [6, 6.07) is 5.26. The Morgan fingerprint density at radius 1 is 1.36 bits per heavy atom. The lowest BCUT2D eigenvalue weighted by atomic mass is 10.2. The van der Waals surface area contributed by atoms with E-state index in [4.69, 9.17) is 4.74 Å². The molecule has 22 heavy (non-hydrogen) atoms. The van der Waals surface area contributed by atoms with Crippen molar-refractivity contribution in [3.63, 3.8) is 0 Å². The molecule has 6 nitrogen and oxygen atoms in total. The largest absolute Gasteiger partial charge is 0.452 e. The Hall–Kier alpha value is -2.02. The van der Waals surface area contributed by atoms with Crippen LogP contribution in [0.15, 0.2) is 23.1 Å². The maximum Gasteiger partial charge on any atom is 0.338 e. The van der Waals surface area contributed by atoms with Crippen molar-refractivity contribution in [1.29, 1.82) is 0 Å². The SMILES string of the molecule is O=C1CCSc2ccc(C(=O)OCC(=O)NC3CC3)cc2N1. The van der Waals surface area contributed by atoms with Crippen LogP contribution < -0.4 is 10.6 Å². The highest BCUT2D eigenvalue weighted by Crippen LogP contribution is 2.31. The van der Waals surface area contributed by atoms with Crippen LogP contribution in [0.3, 0.4) is 0 Å². The van der Waals surface area contributed by atoms with E-state index >= 15 is 0 Å². The number of hydrogen-bond acceptors (Lipinski definition) is 5. The summed E-state index contributed by atoms with van der Waals surface area (Å²) >= 11 is 1.57. The lowest BCUT2D eigenvalue weighted by Crippen LogP contribution is -2.30. The fraction of sp³-hybridized carbons (Fsp3) is 0.400. The van der Waals surface area contributed by atoms with Gasteiger partial charge in [-0.15, -0.1) is 11.8 Å². The third-order valence-electron chi connectivity index (χ3n) is 3.35. The molecule has 0 spiro atoms. The Kier molecular flexibility index (Phi) is 4.33. The number of amides is 2. The van der Waals surface area contributed by atoms with Crippen molar-refractivity contribution in [2.24, 2.45) is 0 Å². The third-order valence-corrected chi connectivity index (χ3v) is 4.43. The van der Waals surface area contributed by atoms with E-state index in [-0.39, 0.29) is 24.5 Å². The van der Waals surface area contributed by atoms with Crippen LogP contribution in [0, 0.1) is 0 Å². The second-order valence-corrected chi connectivity index (χ2v) is 6.41. The second-order valence-electron chi connectivity index (χ2n) is 5.28. The molecule has 1 heterocycles. The van der Waals surface area contributed by atoms with E-state index < -0.39 is 5.97 Å². The van der Waals surface area contributed by atoms with Crippen LogP contribution in [0.1, 0.15) is 29.6 Å². The molecule has 1 saturated carbocycles. The van der Waals surface area contributed by atoms with E-state index in [0.717, 1.165) is 17.7 Å². The van der Waals surface area contributed by atoms with Crippen LogP contribution in [-0.2, 0) is 14.3 Å². The van der Waals surface area contributed by atoms with Gasteiger partial charge < -0.3 is 15.4 Å². The number of carbonyl (C=O) groups excluding carboxylic acids is 3. The lowest BCUT2D eigenvalue weighted by Gasteiger charge is -2.09. The number of rotatable bonds is 4. The van der Waals surface area contributed by atoms with Gasteiger partial charge in [0.1, 0.15) is 0 Å². The van der Waals surface area contributed by atoms with Gasteiger partial charge in [-0.3, -0.25) is 9.59 Å². The zero-order valence-corrected chi connectivity index (χ0v) is 12.7. The minimum atomic E-state index is -0.572. The molecule has 1 aliphatic carbocycles. The molecule has 2 amide bonds. The van der Waals surface area contributed by atoms with Crippen LogP contribution in [0.25, 0.3) is 0 Å². The number of hydrogen-bond donors (Lipinski definition) is 2. The molecular weight excluding hydrogens is 304 g/mol. The minimum Gasteiger partial charge on any atom is -0.452 e. The standard InChI is InChI=1S/C15H16N2O4S/c18-13-5-6-22-12-4-1-9(7-11(12)17-13)15(20)21-8-14(19)16-10-2-3-10/h1,4,7,10H,2-3,5-6,8H2,(H,16,19)(H,17,18). The van der Waals surface area contributed by atoms with E-state index in [2.05, 4.69) is 10.6 Å². The van der Waals surface area contributed by atoms with Gasteiger partial charge in [0.05, 0.1) is 11.3 Å². The van der Waals surface area contributed by atoms with Crippen LogP contribution in [0.5, 0.6) is 0 Å². The Balaban J connectivity index is 1.62. The van der Waals surface area contributed by atoms with Crippen molar-refractivity contribution in [3.8, 4) is 0 Å². The maximum atomic E-state index is 12.0. The quantitative estimate of drug-likeness (QED) is 0.822. The normalized spacial score (nSPS) is 17.0. The van der Waals surface area contributed by atoms with Gasteiger partial charge in [-0.25, -0.2) is 4.79 Å². The molecule has 2 N–H and O–H groups in total. The molecule has 0 unspecified atom stereocenters. The summed E-state index contributed by atoms with van der Waals surface area (Å²) in [5.41, 5.74) is 0.935. The first-order valence-corrected chi connectivity index (χ1v) is 8.13. The van der Waals surface area contributed by atoms with Crippen LogP contribution in [-0.4, -0.2) is 36.2 Å². The van der Waals surface area contributed by atoms with Crippen molar-refractivity contribution in [2.45, 2.75) is 30.2 Å². The molecule has 116 valence electrons. The molecule has 2 aliphatic rings. The Morgan fingerprint density at radius 2 is 2.18 bits per heavy atom. The number of benzene rings is 1. The average molecular weight is 320 g/mol. The fourth-order valence-corrected chi connectivity index (χ4v) is 3.00. The highest BCUT2D eigenvalue weighted by molar-refractivity contribution is 7.99. The Labute approximate surface area is 132 Å². The number of esters is 1. The highest BCUT2D eigenvalue weighted by atomic mass is 32.2. The zero-order valence-electron chi connectivity index (χ0n) is 11.9. The highest BCUT2D eigenvalue weighted by Gasteiger charge is 2.24. The predicted molar refractivity (Wildman–Crippen MR) is 81.9 cm³/mol. The molecule has 1 aliphatic heterocycles. The van der Waals surface area contributed by atoms with Gasteiger partial charge in [-0.05, 0) is 31.0 Å². The first kappa shape index (κ1) is 14.9. The summed E-state index contributed by atoms with van der Waals surface area (Å²) in [7, 11) is 0. The minimum absolute atomic E-state index is 0.0689. The maximum absolute atomic E-state index is 12.0. The van der Waals surface area contributed by atoms with Crippen LogP contribution in [0.2, 0.25) is 0 Å². The topological polar surface area (TPSA) is 84.5 Å². The molecule has 1 fully saturated rings. The Bertz CT molecular complexity index is 628. The predicted octanol–water partition coefficient (Wildman–Crippen LogP) is 1.56. The number of fused-ring (bicyclic) bond motifs is 1. The molecule has 0 saturated heterocycles. The summed E-state index contributed by atoms with van der Waals surface area (Å²) < 4.78 is 5.00. The summed E-state index contributed by atoms with van der Waals surface area (Å²) in [5.74, 6) is -0.212. The van der Waals surface area contributed by atoms with Crippen molar-refractivity contribution in [2.75, 3.05) is 17.7 Å². The van der Waals surface area contributed by atoms with Crippen molar-refractivity contribution >= 4 is 35.2 Å². The average Bonchev–Trinajstić information content (AvgIpc) is 3.30. The van der Waals surface area contributed by atoms with Gasteiger partial charge in [-0.2, -0.15) is 0 Å². The third kappa shape index (κ3) is 3.79. The first-order chi connectivity index (χ1) is 10.6. The summed E-state index contributed by atoms with van der Waals surface area (Å²) in [6.07, 6.45) is 2.42. The van der Waals surface area contributed by atoms with Gasteiger partial charge in [0.25, 0.3) is 5.91 Å². The van der Waals surface area contributed by atoms with Crippen molar-refractivity contribution in [1.82, 2.24) is 5.32 Å². The summed E-state index contributed by atoms with van der Waals surface area (Å²) in [5, 5.41) is 5.52. The van der Waals surface area contributed by atoms with Gasteiger partial charge in [0.15, 0.2) is 6.61 Å². The number of ether oxygens (including phenoxy) is 1. The van der Waals surface area contributed by atoms with E-state index in [0.29, 0.717) is 23.4 Å². The van der Waals surface area contributed by atoms with Gasteiger partial charge >= 0.3 is 5.97 Å².